The zero-order valence-electron chi connectivity index (χ0n) is 18.0. The topological polar surface area (TPSA) is 94.5 Å². The normalized spacial score (nSPS) is 16.3. The van der Waals surface area contributed by atoms with Crippen LogP contribution in [0, 0.1) is 6.92 Å². The first-order valence-corrected chi connectivity index (χ1v) is 10.2. The molecule has 164 valence electrons. The smallest absolute Gasteiger partial charge is 0.188 e. The first-order chi connectivity index (χ1) is 14.6. The molecule has 0 saturated carbocycles. The third kappa shape index (κ3) is 5.90. The number of rotatable bonds is 9. The second-order valence-electron chi connectivity index (χ2n) is 7.20. The zero-order chi connectivity index (χ0) is 21.3. The van der Waals surface area contributed by atoms with E-state index in [1.54, 1.807) is 14.2 Å². The van der Waals surface area contributed by atoms with Crippen LogP contribution in [0.3, 0.4) is 0 Å². The third-order valence-corrected chi connectivity index (χ3v) is 5.18. The van der Waals surface area contributed by atoms with Crippen molar-refractivity contribution in [1.29, 1.82) is 0 Å². The van der Waals surface area contributed by atoms with E-state index < -0.39 is 0 Å². The zero-order valence-corrected chi connectivity index (χ0v) is 18.0. The molecule has 0 bridgehead atoms. The molecule has 1 aliphatic rings. The Hall–Kier alpha value is -2.71. The fraction of sp³-hybridized carbons (Fsp3) is 0.500. The van der Waals surface area contributed by atoms with Gasteiger partial charge < -0.3 is 29.7 Å². The van der Waals surface area contributed by atoms with Crippen LogP contribution in [-0.4, -0.2) is 64.5 Å². The third-order valence-electron chi connectivity index (χ3n) is 5.18. The highest BCUT2D eigenvalue weighted by Gasteiger charge is 2.25. The van der Waals surface area contributed by atoms with Gasteiger partial charge in [0.05, 0.1) is 40.0 Å². The number of nitrogens with zero attached hydrogens (tertiary/aromatic N) is 2. The molecule has 0 spiro atoms. The first-order valence-electron chi connectivity index (χ1n) is 10.2. The average molecular weight is 417 g/mol. The van der Waals surface area contributed by atoms with Gasteiger partial charge in [0.15, 0.2) is 17.5 Å². The van der Waals surface area contributed by atoms with Crippen LogP contribution in [-0.2, 0) is 11.2 Å². The fourth-order valence-electron chi connectivity index (χ4n) is 3.52. The molecule has 0 amide bonds. The van der Waals surface area contributed by atoms with Gasteiger partial charge in [0, 0.05) is 19.6 Å². The predicted molar refractivity (Wildman–Crippen MR) is 116 cm³/mol. The maximum absolute atomic E-state index is 6.12. The van der Waals surface area contributed by atoms with E-state index in [9.17, 15) is 0 Å². The van der Waals surface area contributed by atoms with E-state index >= 15 is 0 Å². The lowest BCUT2D eigenvalue weighted by molar-refractivity contribution is 0.0135. The molecule has 3 rings (SSSR count). The Balaban J connectivity index is 1.55. The van der Waals surface area contributed by atoms with Crippen molar-refractivity contribution in [3.8, 4) is 11.5 Å². The van der Waals surface area contributed by atoms with Crippen LogP contribution >= 0.6 is 0 Å². The molecule has 30 heavy (non-hydrogen) atoms. The molecule has 1 fully saturated rings. The van der Waals surface area contributed by atoms with Gasteiger partial charge in [-0.15, -0.1) is 0 Å². The second-order valence-corrected chi connectivity index (χ2v) is 7.20. The summed E-state index contributed by atoms with van der Waals surface area (Å²) in [5, 5.41) is 3.19. The Bertz CT molecular complexity index is 830. The summed E-state index contributed by atoms with van der Waals surface area (Å²) in [7, 11) is 3.26. The Kier molecular flexibility index (Phi) is 7.98. The highest BCUT2D eigenvalue weighted by atomic mass is 16.5. The van der Waals surface area contributed by atoms with Crippen molar-refractivity contribution < 1.29 is 18.6 Å². The van der Waals surface area contributed by atoms with Gasteiger partial charge in [0.2, 0.25) is 0 Å². The van der Waals surface area contributed by atoms with E-state index in [-0.39, 0.29) is 6.04 Å². The van der Waals surface area contributed by atoms with Gasteiger partial charge in [0.1, 0.15) is 11.5 Å². The van der Waals surface area contributed by atoms with Crippen LogP contribution in [0.4, 0.5) is 0 Å². The Morgan fingerprint density at radius 1 is 1.17 bits per heavy atom. The van der Waals surface area contributed by atoms with Crippen molar-refractivity contribution in [3.63, 3.8) is 0 Å². The molecule has 0 radical (unpaired) electrons. The number of hydrogen-bond acceptors (Lipinski definition) is 6. The van der Waals surface area contributed by atoms with Crippen LogP contribution in [0.5, 0.6) is 11.5 Å². The van der Waals surface area contributed by atoms with Crippen LogP contribution in [0.15, 0.2) is 39.7 Å². The minimum Gasteiger partial charge on any atom is -0.493 e. The van der Waals surface area contributed by atoms with Gasteiger partial charge in [0.25, 0.3) is 0 Å². The van der Waals surface area contributed by atoms with E-state index in [1.165, 1.54) is 0 Å². The van der Waals surface area contributed by atoms with Gasteiger partial charge in [-0.3, -0.25) is 9.89 Å². The first kappa shape index (κ1) is 22.0. The molecule has 1 unspecified atom stereocenters. The van der Waals surface area contributed by atoms with Crippen LogP contribution < -0.4 is 20.5 Å². The molecule has 2 heterocycles. The predicted octanol–water partition coefficient (Wildman–Crippen LogP) is 2.13. The number of furan rings is 1. The minimum atomic E-state index is 0.0498. The quantitative estimate of drug-likeness (QED) is 0.478. The van der Waals surface area contributed by atoms with Crippen molar-refractivity contribution in [3.05, 3.63) is 47.4 Å². The number of nitrogens with two attached hydrogens (primary N) is 1. The van der Waals surface area contributed by atoms with Crippen LogP contribution in [0.25, 0.3) is 0 Å². The molecule has 1 aromatic carbocycles. The number of nitrogens with one attached hydrogen (secondary N) is 1. The SMILES string of the molecule is COc1ccc(CCNC(N)=NCC(c2ccc(C)o2)N2CCOCC2)cc1OC. The van der Waals surface area contributed by atoms with E-state index in [0.29, 0.717) is 19.0 Å². The average Bonchev–Trinajstić information content (AvgIpc) is 3.20. The number of morpholine rings is 1. The fourth-order valence-corrected chi connectivity index (χ4v) is 3.52. The summed E-state index contributed by atoms with van der Waals surface area (Å²) in [4.78, 5) is 6.91. The lowest BCUT2D eigenvalue weighted by atomic mass is 10.1. The molecule has 3 N–H and O–H groups in total. The van der Waals surface area contributed by atoms with E-state index in [4.69, 9.17) is 24.4 Å². The van der Waals surface area contributed by atoms with Gasteiger partial charge >= 0.3 is 0 Å². The Morgan fingerprint density at radius 2 is 1.93 bits per heavy atom. The van der Waals surface area contributed by atoms with Crippen LogP contribution in [0.2, 0.25) is 0 Å². The number of benzene rings is 1. The highest BCUT2D eigenvalue weighted by molar-refractivity contribution is 5.77. The lowest BCUT2D eigenvalue weighted by Crippen LogP contribution is -2.41. The summed E-state index contributed by atoms with van der Waals surface area (Å²) in [6.07, 6.45) is 0.793. The Labute approximate surface area is 178 Å². The number of methoxy groups -OCH3 is 2. The maximum Gasteiger partial charge on any atom is 0.188 e. The number of aryl methyl sites for hydroxylation is 1. The Morgan fingerprint density at radius 3 is 2.60 bits per heavy atom. The number of hydrogen-bond donors (Lipinski definition) is 2. The summed E-state index contributed by atoms with van der Waals surface area (Å²) in [6.45, 7) is 6.30. The van der Waals surface area contributed by atoms with E-state index in [0.717, 1.165) is 61.3 Å². The molecule has 0 aliphatic carbocycles. The molecule has 1 aromatic heterocycles. The van der Waals surface area contributed by atoms with Crippen molar-refractivity contribution in [2.24, 2.45) is 10.7 Å². The van der Waals surface area contributed by atoms with Crippen molar-refractivity contribution in [1.82, 2.24) is 10.2 Å². The molecule has 1 aliphatic heterocycles. The summed E-state index contributed by atoms with van der Waals surface area (Å²) in [6, 6.07) is 9.95. The molecule has 8 nitrogen and oxygen atoms in total. The van der Waals surface area contributed by atoms with Crippen molar-refractivity contribution in [2.45, 2.75) is 19.4 Å². The number of guanidine groups is 1. The molecule has 1 atom stereocenters. The monoisotopic (exact) mass is 416 g/mol. The van der Waals surface area contributed by atoms with E-state index in [2.05, 4.69) is 15.2 Å². The number of ether oxygens (including phenoxy) is 3. The summed E-state index contributed by atoms with van der Waals surface area (Å²) < 4.78 is 22.0. The largest absolute Gasteiger partial charge is 0.493 e. The molecular weight excluding hydrogens is 384 g/mol. The van der Waals surface area contributed by atoms with Crippen LogP contribution in [0.1, 0.15) is 23.1 Å². The summed E-state index contributed by atoms with van der Waals surface area (Å²) in [5.74, 6) is 3.68. The molecule has 8 heteroatoms. The summed E-state index contributed by atoms with van der Waals surface area (Å²) >= 11 is 0. The highest BCUT2D eigenvalue weighted by Crippen LogP contribution is 2.27. The number of aliphatic imine (C=N–C) groups is 1. The van der Waals surface area contributed by atoms with Gasteiger partial charge in [-0.25, -0.2) is 0 Å². The maximum atomic E-state index is 6.12. The van der Waals surface area contributed by atoms with Crippen molar-refractivity contribution in [2.75, 3.05) is 53.6 Å². The van der Waals surface area contributed by atoms with Crippen molar-refractivity contribution >= 4 is 5.96 Å². The molecule has 1 saturated heterocycles. The standard InChI is InChI=1S/C22H32N4O4/c1-16-4-6-19(30-16)18(26-10-12-29-13-11-26)15-25-22(23)24-9-8-17-5-7-20(27-2)21(14-17)28-3/h4-7,14,18H,8-13,15H2,1-3H3,(H3,23,24,25). The summed E-state index contributed by atoms with van der Waals surface area (Å²) in [5.41, 5.74) is 7.25. The second kappa shape index (κ2) is 10.9. The van der Waals surface area contributed by atoms with Gasteiger partial charge in [-0.1, -0.05) is 6.07 Å². The van der Waals surface area contributed by atoms with Gasteiger partial charge in [-0.05, 0) is 43.2 Å². The molecule has 2 aromatic rings. The van der Waals surface area contributed by atoms with Gasteiger partial charge in [-0.2, -0.15) is 0 Å². The minimum absolute atomic E-state index is 0.0498. The van der Waals surface area contributed by atoms with E-state index in [1.807, 2.05) is 37.3 Å². The lowest BCUT2D eigenvalue weighted by Gasteiger charge is -2.32. The molecular formula is C22H32N4O4.